The molecule has 1 amide bonds. The Bertz CT molecular complexity index is 622. The van der Waals surface area contributed by atoms with Crippen LogP contribution in [0.15, 0.2) is 29.2 Å². The summed E-state index contributed by atoms with van der Waals surface area (Å²) in [7, 11) is -1.79. The summed E-state index contributed by atoms with van der Waals surface area (Å²) in [5.41, 5.74) is 0.472. The van der Waals surface area contributed by atoms with Gasteiger partial charge < -0.3 is 10.1 Å². The number of amides is 1. The topological polar surface area (TPSA) is 75.7 Å². The zero-order valence-corrected chi connectivity index (χ0v) is 15.0. The molecule has 0 unspecified atom stereocenters. The molecule has 0 saturated carbocycles. The Hall–Kier alpha value is -1.44. The average molecular weight is 354 g/mol. The van der Waals surface area contributed by atoms with Crippen LogP contribution in [0.3, 0.4) is 0 Å². The van der Waals surface area contributed by atoms with Crippen LogP contribution in [0.1, 0.15) is 42.5 Å². The standard InChI is InChI=1S/C17H26N2O4S/c1-23-14-6-3-11-18-17(20)15-7-9-16(10-8-15)24(21,22)19-12-4-2-5-13-19/h7-10H,2-6,11-14H2,1H3,(H,18,20). The summed E-state index contributed by atoms with van der Waals surface area (Å²) >= 11 is 0. The molecule has 1 aliphatic heterocycles. The Morgan fingerprint density at radius 2 is 1.79 bits per heavy atom. The summed E-state index contributed by atoms with van der Waals surface area (Å²) in [6.45, 7) is 2.41. The van der Waals surface area contributed by atoms with Crippen molar-refractivity contribution in [2.24, 2.45) is 0 Å². The van der Waals surface area contributed by atoms with Crippen LogP contribution in [0.4, 0.5) is 0 Å². The van der Waals surface area contributed by atoms with Crippen LogP contribution in [-0.4, -0.2) is 52.0 Å². The zero-order chi connectivity index (χ0) is 17.4. The van der Waals surface area contributed by atoms with Crippen LogP contribution < -0.4 is 5.32 Å². The first-order valence-electron chi connectivity index (χ1n) is 8.43. The number of ether oxygens (including phenoxy) is 1. The monoisotopic (exact) mass is 354 g/mol. The summed E-state index contributed by atoms with van der Waals surface area (Å²) in [5, 5.41) is 2.83. The van der Waals surface area contributed by atoms with Gasteiger partial charge in [-0.15, -0.1) is 0 Å². The van der Waals surface area contributed by atoms with Crippen LogP contribution in [0.5, 0.6) is 0 Å². The fraction of sp³-hybridized carbons (Fsp3) is 0.588. The number of unbranched alkanes of at least 4 members (excludes halogenated alkanes) is 1. The number of methoxy groups -OCH3 is 1. The van der Waals surface area contributed by atoms with E-state index in [-0.39, 0.29) is 10.8 Å². The summed E-state index contributed by atoms with van der Waals surface area (Å²) in [4.78, 5) is 12.3. The lowest BCUT2D eigenvalue weighted by Crippen LogP contribution is -2.35. The zero-order valence-electron chi connectivity index (χ0n) is 14.2. The summed E-state index contributed by atoms with van der Waals surface area (Å²) in [6, 6.07) is 6.18. The van der Waals surface area contributed by atoms with Gasteiger partial charge in [0.25, 0.3) is 5.91 Å². The first-order valence-corrected chi connectivity index (χ1v) is 9.87. The van der Waals surface area contributed by atoms with Gasteiger partial charge in [0.05, 0.1) is 4.90 Å². The molecule has 0 aromatic heterocycles. The van der Waals surface area contributed by atoms with E-state index in [9.17, 15) is 13.2 Å². The molecule has 0 aliphatic carbocycles. The number of benzene rings is 1. The third kappa shape index (κ3) is 5.03. The normalized spacial score (nSPS) is 16.0. The van der Waals surface area contributed by atoms with E-state index in [0.29, 0.717) is 31.8 Å². The molecular formula is C17H26N2O4S. The highest BCUT2D eigenvalue weighted by molar-refractivity contribution is 7.89. The van der Waals surface area contributed by atoms with E-state index in [1.54, 1.807) is 19.2 Å². The molecule has 0 atom stereocenters. The van der Waals surface area contributed by atoms with Crippen LogP contribution in [0.2, 0.25) is 0 Å². The first-order chi connectivity index (χ1) is 11.6. The smallest absolute Gasteiger partial charge is 0.251 e. The van der Waals surface area contributed by atoms with Gasteiger partial charge in [0, 0.05) is 38.9 Å². The van der Waals surface area contributed by atoms with Gasteiger partial charge in [-0.3, -0.25) is 4.79 Å². The van der Waals surface area contributed by atoms with Crippen molar-refractivity contribution >= 4 is 15.9 Å². The number of nitrogens with one attached hydrogen (secondary N) is 1. The van der Waals surface area contributed by atoms with Gasteiger partial charge >= 0.3 is 0 Å². The maximum absolute atomic E-state index is 12.6. The Morgan fingerprint density at radius 1 is 1.12 bits per heavy atom. The Balaban J connectivity index is 1.93. The van der Waals surface area contributed by atoms with E-state index in [2.05, 4.69) is 5.32 Å². The van der Waals surface area contributed by atoms with Crippen molar-refractivity contribution < 1.29 is 17.9 Å². The molecule has 1 fully saturated rings. The van der Waals surface area contributed by atoms with Gasteiger partial charge in [0.15, 0.2) is 0 Å². The molecule has 2 rings (SSSR count). The predicted octanol–water partition coefficient (Wildman–Crippen LogP) is 2.02. The second-order valence-corrected chi connectivity index (χ2v) is 7.88. The molecule has 134 valence electrons. The highest BCUT2D eigenvalue weighted by Gasteiger charge is 2.25. The van der Waals surface area contributed by atoms with E-state index in [4.69, 9.17) is 4.74 Å². The Kier molecular flexibility index (Phi) is 7.20. The molecule has 6 nitrogen and oxygen atoms in total. The van der Waals surface area contributed by atoms with Crippen LogP contribution in [0, 0.1) is 0 Å². The second-order valence-electron chi connectivity index (χ2n) is 5.94. The third-order valence-electron chi connectivity index (χ3n) is 4.13. The van der Waals surface area contributed by atoms with Crippen molar-refractivity contribution in [2.75, 3.05) is 33.4 Å². The molecule has 0 spiro atoms. The first kappa shape index (κ1) is 18.9. The number of piperidine rings is 1. The number of hydrogen-bond donors (Lipinski definition) is 1. The van der Waals surface area contributed by atoms with Crippen LogP contribution >= 0.6 is 0 Å². The number of rotatable bonds is 8. The second kappa shape index (κ2) is 9.15. The van der Waals surface area contributed by atoms with Gasteiger partial charge in [-0.25, -0.2) is 8.42 Å². The van der Waals surface area contributed by atoms with Gasteiger partial charge in [0.1, 0.15) is 0 Å². The maximum atomic E-state index is 12.6. The quantitative estimate of drug-likeness (QED) is 0.725. The summed E-state index contributed by atoms with van der Waals surface area (Å²) in [6.07, 6.45) is 4.63. The van der Waals surface area contributed by atoms with E-state index < -0.39 is 10.0 Å². The summed E-state index contributed by atoms with van der Waals surface area (Å²) < 4.78 is 31.6. The fourth-order valence-electron chi connectivity index (χ4n) is 2.71. The van der Waals surface area contributed by atoms with E-state index >= 15 is 0 Å². The molecule has 1 aromatic carbocycles. The predicted molar refractivity (Wildman–Crippen MR) is 92.5 cm³/mol. The molecule has 1 aromatic rings. The lowest BCUT2D eigenvalue weighted by Gasteiger charge is -2.25. The van der Waals surface area contributed by atoms with Gasteiger partial charge in [-0.2, -0.15) is 4.31 Å². The lowest BCUT2D eigenvalue weighted by atomic mass is 10.2. The van der Waals surface area contributed by atoms with Crippen LogP contribution in [0.25, 0.3) is 0 Å². The summed E-state index contributed by atoms with van der Waals surface area (Å²) in [5.74, 6) is -0.186. The molecule has 7 heteroatoms. The highest BCUT2D eigenvalue weighted by atomic mass is 32.2. The molecule has 24 heavy (non-hydrogen) atoms. The highest BCUT2D eigenvalue weighted by Crippen LogP contribution is 2.20. The SMILES string of the molecule is COCCCCNC(=O)c1ccc(S(=O)(=O)N2CCCCC2)cc1. The number of hydrogen-bond acceptors (Lipinski definition) is 4. The molecule has 1 aliphatic rings. The van der Waals surface area contributed by atoms with E-state index in [1.165, 1.54) is 16.4 Å². The van der Waals surface area contributed by atoms with Crippen molar-refractivity contribution in [1.29, 1.82) is 0 Å². The lowest BCUT2D eigenvalue weighted by molar-refractivity contribution is 0.0951. The van der Waals surface area contributed by atoms with E-state index in [0.717, 1.165) is 32.1 Å². The molecule has 1 heterocycles. The molecule has 1 saturated heterocycles. The van der Waals surface area contributed by atoms with Gasteiger partial charge in [-0.05, 0) is 49.9 Å². The van der Waals surface area contributed by atoms with Gasteiger partial charge in [-0.1, -0.05) is 6.42 Å². The van der Waals surface area contributed by atoms with Crippen molar-refractivity contribution in [3.05, 3.63) is 29.8 Å². The average Bonchev–Trinajstić information content (AvgIpc) is 2.62. The maximum Gasteiger partial charge on any atom is 0.251 e. The number of carbonyl (C=O) groups is 1. The Morgan fingerprint density at radius 3 is 2.42 bits per heavy atom. The molecular weight excluding hydrogens is 328 g/mol. The largest absolute Gasteiger partial charge is 0.385 e. The van der Waals surface area contributed by atoms with E-state index in [1.807, 2.05) is 0 Å². The number of nitrogens with zero attached hydrogens (tertiary/aromatic N) is 1. The number of carbonyl (C=O) groups excluding carboxylic acids is 1. The van der Waals surface area contributed by atoms with Crippen molar-refractivity contribution in [3.8, 4) is 0 Å². The number of sulfonamides is 1. The fourth-order valence-corrected chi connectivity index (χ4v) is 4.23. The minimum Gasteiger partial charge on any atom is -0.385 e. The van der Waals surface area contributed by atoms with Crippen molar-refractivity contribution in [1.82, 2.24) is 9.62 Å². The van der Waals surface area contributed by atoms with Gasteiger partial charge in [0.2, 0.25) is 10.0 Å². The molecule has 0 radical (unpaired) electrons. The Labute approximate surface area is 144 Å². The minimum atomic E-state index is -3.44. The molecule has 1 N–H and O–H groups in total. The van der Waals surface area contributed by atoms with Crippen molar-refractivity contribution in [2.45, 2.75) is 37.0 Å². The third-order valence-corrected chi connectivity index (χ3v) is 6.04. The van der Waals surface area contributed by atoms with Crippen molar-refractivity contribution in [3.63, 3.8) is 0 Å². The van der Waals surface area contributed by atoms with Crippen LogP contribution in [-0.2, 0) is 14.8 Å². The minimum absolute atomic E-state index is 0.186. The molecule has 0 bridgehead atoms.